The summed E-state index contributed by atoms with van der Waals surface area (Å²) in [6, 6.07) is 8.06. The average Bonchev–Trinajstić information content (AvgIpc) is 2.05. The van der Waals surface area contributed by atoms with E-state index in [2.05, 4.69) is 0 Å². The first-order valence-corrected chi connectivity index (χ1v) is 3.18. The van der Waals surface area contributed by atoms with Crippen LogP contribution in [0.2, 0.25) is 0 Å². The standard InChI is InChI=1S/C7H6O2.CH2O3.Ca.Na/c8-7(9)6-4-2-1-3-5-6;2-1(3)4;;/h1-5H,(H,8,9);(H2,2,3,4);;/q;;+2;+1/p-3. The molecule has 0 heterocycles. The Morgan fingerprint density at radius 2 is 1.27 bits per heavy atom. The summed E-state index contributed by atoms with van der Waals surface area (Å²) in [6.45, 7) is 0. The van der Waals surface area contributed by atoms with Crippen LogP contribution in [0, 0.1) is 0 Å². The average molecular weight is 244 g/mol. The van der Waals surface area contributed by atoms with Crippen molar-refractivity contribution in [3.63, 3.8) is 0 Å². The Morgan fingerprint density at radius 1 is 0.933 bits per heavy atom. The van der Waals surface area contributed by atoms with E-state index in [1.807, 2.05) is 0 Å². The fourth-order valence-electron chi connectivity index (χ4n) is 0.574. The van der Waals surface area contributed by atoms with Crippen molar-refractivity contribution < 1.29 is 54.5 Å². The molecule has 0 aliphatic rings. The van der Waals surface area contributed by atoms with Gasteiger partial charge in [0.15, 0.2) is 0 Å². The maximum atomic E-state index is 10.1. The summed E-state index contributed by atoms with van der Waals surface area (Å²) in [5, 5.41) is 26.8. The third-order valence-corrected chi connectivity index (χ3v) is 1.01. The number of hydrogen-bond acceptors (Lipinski definition) is 5. The van der Waals surface area contributed by atoms with E-state index in [0.717, 1.165) is 0 Å². The van der Waals surface area contributed by atoms with Crippen LogP contribution in [0.3, 0.4) is 0 Å². The van der Waals surface area contributed by atoms with E-state index >= 15 is 0 Å². The number of carboxylic acids is 1. The zero-order chi connectivity index (χ0) is 10.3. The summed E-state index contributed by atoms with van der Waals surface area (Å²) >= 11 is 0. The van der Waals surface area contributed by atoms with Gasteiger partial charge in [0.1, 0.15) is 0 Å². The van der Waals surface area contributed by atoms with Crippen molar-refractivity contribution in [1.82, 2.24) is 0 Å². The number of rotatable bonds is 1. The fraction of sp³-hybridized carbons (Fsp3) is 0. The Bertz CT molecular complexity index is 286. The summed E-state index contributed by atoms with van der Waals surface area (Å²) in [5.74, 6) is -1.13. The van der Waals surface area contributed by atoms with Crippen molar-refractivity contribution in [3.8, 4) is 0 Å². The molecule has 15 heavy (non-hydrogen) atoms. The molecule has 1 aromatic carbocycles. The van der Waals surface area contributed by atoms with Gasteiger partial charge in [-0.25, -0.2) is 0 Å². The molecule has 7 heteroatoms. The van der Waals surface area contributed by atoms with Crippen LogP contribution in [0.1, 0.15) is 10.4 Å². The monoisotopic (exact) mass is 244 g/mol. The first-order chi connectivity index (χ1) is 6.04. The summed E-state index contributed by atoms with van der Waals surface area (Å²) in [6.07, 6.45) is -2.33. The van der Waals surface area contributed by atoms with E-state index < -0.39 is 12.1 Å². The first kappa shape index (κ1) is 20.6. The number of carboxylic acid groups (broad SMARTS) is 3. The Morgan fingerprint density at radius 3 is 1.47 bits per heavy atom. The molecule has 0 spiro atoms. The maximum Gasteiger partial charge on any atom is 2.00 e. The Kier molecular flexibility index (Phi) is 16.9. The number of benzene rings is 1. The molecule has 0 bridgehead atoms. The molecule has 0 saturated heterocycles. The molecule has 0 unspecified atom stereocenters. The van der Waals surface area contributed by atoms with Crippen LogP contribution in [0.25, 0.3) is 0 Å². The van der Waals surface area contributed by atoms with Gasteiger partial charge >= 0.3 is 67.3 Å². The molecular weight excluding hydrogens is 239 g/mol. The molecule has 1 rings (SSSR count). The molecular formula is C8H5CaNaO5. The van der Waals surface area contributed by atoms with Gasteiger partial charge in [0.25, 0.3) is 0 Å². The van der Waals surface area contributed by atoms with Crippen LogP contribution in [-0.4, -0.2) is 49.9 Å². The minimum absolute atomic E-state index is 0. The van der Waals surface area contributed by atoms with Crippen molar-refractivity contribution in [2.75, 3.05) is 0 Å². The molecule has 0 radical (unpaired) electrons. The van der Waals surface area contributed by atoms with Crippen LogP contribution < -0.4 is 44.9 Å². The van der Waals surface area contributed by atoms with Gasteiger partial charge in [0, 0.05) is 0 Å². The van der Waals surface area contributed by atoms with Crippen molar-refractivity contribution in [3.05, 3.63) is 35.9 Å². The Balaban J connectivity index is -0.000000213. The van der Waals surface area contributed by atoms with Crippen LogP contribution in [0.4, 0.5) is 4.79 Å². The van der Waals surface area contributed by atoms with Crippen molar-refractivity contribution in [2.45, 2.75) is 0 Å². The normalized spacial score (nSPS) is 6.93. The van der Waals surface area contributed by atoms with Gasteiger partial charge in [0.05, 0.1) is 5.97 Å². The summed E-state index contributed by atoms with van der Waals surface area (Å²) in [7, 11) is 0. The van der Waals surface area contributed by atoms with Crippen molar-refractivity contribution in [1.29, 1.82) is 0 Å². The van der Waals surface area contributed by atoms with Gasteiger partial charge in [-0.15, -0.1) is 0 Å². The van der Waals surface area contributed by atoms with Crippen LogP contribution in [0.15, 0.2) is 30.3 Å². The van der Waals surface area contributed by atoms with E-state index in [0.29, 0.717) is 0 Å². The topological polar surface area (TPSA) is 103 Å². The quantitative estimate of drug-likeness (QED) is 0.458. The first-order valence-electron chi connectivity index (χ1n) is 3.18. The second kappa shape index (κ2) is 12.3. The van der Waals surface area contributed by atoms with Crippen LogP contribution >= 0.6 is 0 Å². The predicted octanol–water partition coefficient (Wildman–Crippen LogP) is -5.77. The molecule has 0 atom stereocenters. The third-order valence-electron chi connectivity index (χ3n) is 1.01. The molecule has 1 aromatic rings. The van der Waals surface area contributed by atoms with E-state index in [1.54, 1.807) is 18.2 Å². The van der Waals surface area contributed by atoms with Gasteiger partial charge in [-0.05, 0) is 11.7 Å². The van der Waals surface area contributed by atoms with E-state index in [4.69, 9.17) is 15.0 Å². The second-order valence-electron chi connectivity index (χ2n) is 1.90. The van der Waals surface area contributed by atoms with Gasteiger partial charge in [-0.2, -0.15) is 0 Å². The van der Waals surface area contributed by atoms with E-state index in [9.17, 15) is 9.90 Å². The van der Waals surface area contributed by atoms with Crippen molar-refractivity contribution in [2.24, 2.45) is 0 Å². The predicted molar refractivity (Wildman–Crippen MR) is 41.9 cm³/mol. The number of carbonyl (C=O) groups excluding carboxylic acids is 2. The molecule has 0 amide bonds. The van der Waals surface area contributed by atoms with Crippen LogP contribution in [0.5, 0.6) is 0 Å². The van der Waals surface area contributed by atoms with E-state index in [1.165, 1.54) is 12.1 Å². The fourth-order valence-corrected chi connectivity index (χ4v) is 0.574. The largest absolute Gasteiger partial charge is 2.00 e. The molecule has 0 aromatic heterocycles. The minimum Gasteiger partial charge on any atom is -0.652 e. The SMILES string of the molecule is O=C([O-])[O-].O=C([O-])c1ccccc1.[Ca+2].[Na+]. The zero-order valence-corrected chi connectivity index (χ0v) is 12.3. The molecule has 70 valence electrons. The summed E-state index contributed by atoms with van der Waals surface area (Å²) in [5.41, 5.74) is 0.220. The molecule has 0 fully saturated rings. The van der Waals surface area contributed by atoms with Gasteiger partial charge in [-0.3, -0.25) is 0 Å². The summed E-state index contributed by atoms with van der Waals surface area (Å²) < 4.78 is 0. The molecule has 0 N–H and O–H groups in total. The number of hydrogen-bond donors (Lipinski definition) is 0. The minimum atomic E-state index is -2.33. The Labute approximate surface area is 138 Å². The smallest absolute Gasteiger partial charge is 0.652 e. The van der Waals surface area contributed by atoms with Gasteiger partial charge in [-0.1, -0.05) is 30.3 Å². The third kappa shape index (κ3) is 14.2. The van der Waals surface area contributed by atoms with Crippen LogP contribution in [-0.2, 0) is 0 Å². The second-order valence-corrected chi connectivity index (χ2v) is 1.90. The maximum absolute atomic E-state index is 10.1. The summed E-state index contributed by atoms with van der Waals surface area (Å²) in [4.78, 5) is 18.4. The molecule has 0 aliphatic carbocycles. The molecule has 5 nitrogen and oxygen atoms in total. The van der Waals surface area contributed by atoms with Gasteiger partial charge in [0.2, 0.25) is 0 Å². The molecule has 0 saturated carbocycles. The Hall–Kier alpha value is 0.220. The number of carbonyl (C=O) groups is 2. The molecule has 0 aliphatic heterocycles. The van der Waals surface area contributed by atoms with E-state index in [-0.39, 0.29) is 72.9 Å². The van der Waals surface area contributed by atoms with Gasteiger partial charge < -0.3 is 24.9 Å². The zero-order valence-electron chi connectivity index (χ0n) is 8.14. The van der Waals surface area contributed by atoms with Crippen molar-refractivity contribution >= 4 is 49.9 Å². The number of aromatic carboxylic acids is 1.